The zero-order valence-electron chi connectivity index (χ0n) is 13.4. The average Bonchev–Trinajstić information content (AvgIpc) is 2.83. The molecule has 21 heavy (non-hydrogen) atoms. The number of rotatable bonds is 6. The number of hydrogen-bond donors (Lipinski definition) is 2. The molecule has 2 heterocycles. The second-order valence-electron chi connectivity index (χ2n) is 6.40. The van der Waals surface area contributed by atoms with Gasteiger partial charge < -0.3 is 0 Å². The van der Waals surface area contributed by atoms with E-state index in [1.807, 2.05) is 6.20 Å². The van der Waals surface area contributed by atoms with Crippen LogP contribution < -0.4 is 11.3 Å². The number of piperidine rings is 1. The average molecular weight is 358 g/mol. The summed E-state index contributed by atoms with van der Waals surface area (Å²) in [5.74, 6) is 5.95. The van der Waals surface area contributed by atoms with E-state index < -0.39 is 0 Å². The highest BCUT2D eigenvalue weighted by molar-refractivity contribution is 9.10. The topological polar surface area (TPSA) is 59.1 Å². The molecule has 5 nitrogen and oxygen atoms in total. The number of nitrogens with two attached hydrogens (primary N) is 1. The Morgan fingerprint density at radius 2 is 2.05 bits per heavy atom. The minimum atomic E-state index is -0.0524. The molecule has 120 valence electrons. The summed E-state index contributed by atoms with van der Waals surface area (Å²) in [6.45, 7) is 9.92. The minimum absolute atomic E-state index is 0.0408. The van der Waals surface area contributed by atoms with Gasteiger partial charge in [0.1, 0.15) is 0 Å². The molecule has 3 N–H and O–H groups in total. The lowest BCUT2D eigenvalue weighted by Gasteiger charge is -2.45. The third kappa shape index (κ3) is 3.50. The van der Waals surface area contributed by atoms with Crippen molar-refractivity contribution < 1.29 is 0 Å². The van der Waals surface area contributed by atoms with Crippen LogP contribution in [-0.4, -0.2) is 33.3 Å². The zero-order chi connectivity index (χ0) is 15.5. The van der Waals surface area contributed by atoms with Gasteiger partial charge in [0.05, 0.1) is 22.4 Å². The predicted octanol–water partition coefficient (Wildman–Crippen LogP) is 2.82. The standard InChI is InChI=1S/C15H28BrN5/c1-4-8-21-13(12(16)11-18-21)14(19-17)15(2,3)20-9-6-5-7-10-20/h11,14,19H,4-10,17H2,1-3H3. The van der Waals surface area contributed by atoms with Crippen LogP contribution in [0.5, 0.6) is 0 Å². The molecule has 1 atom stereocenters. The van der Waals surface area contributed by atoms with E-state index in [4.69, 9.17) is 5.84 Å². The molecule has 0 saturated carbocycles. The maximum absolute atomic E-state index is 5.95. The SMILES string of the molecule is CCCn1ncc(Br)c1C(NN)C(C)(C)N1CCCCC1. The summed E-state index contributed by atoms with van der Waals surface area (Å²) in [4.78, 5) is 2.55. The Balaban J connectivity index is 2.31. The lowest BCUT2D eigenvalue weighted by molar-refractivity contribution is 0.0576. The number of hydrazine groups is 1. The molecule has 6 heteroatoms. The van der Waals surface area contributed by atoms with Crippen LogP contribution in [0.25, 0.3) is 0 Å². The molecule has 0 radical (unpaired) electrons. The molecule has 0 amide bonds. The first-order chi connectivity index (χ1) is 10.0. The first-order valence-electron chi connectivity index (χ1n) is 7.94. The Labute approximate surface area is 136 Å². The first kappa shape index (κ1) is 16.9. The summed E-state index contributed by atoms with van der Waals surface area (Å²) in [5, 5.41) is 4.49. The van der Waals surface area contributed by atoms with Crippen molar-refractivity contribution in [2.24, 2.45) is 5.84 Å². The molecule has 0 spiro atoms. The van der Waals surface area contributed by atoms with E-state index in [2.05, 4.69) is 56.8 Å². The van der Waals surface area contributed by atoms with Gasteiger partial charge in [-0.05, 0) is 62.1 Å². The quantitative estimate of drug-likeness (QED) is 0.607. The van der Waals surface area contributed by atoms with Gasteiger partial charge in [-0.15, -0.1) is 0 Å². The fourth-order valence-electron chi connectivity index (χ4n) is 3.32. The van der Waals surface area contributed by atoms with Gasteiger partial charge in [0, 0.05) is 12.1 Å². The van der Waals surface area contributed by atoms with Crippen molar-refractivity contribution in [2.75, 3.05) is 13.1 Å². The number of nitrogens with one attached hydrogen (secondary N) is 1. The summed E-state index contributed by atoms with van der Waals surface area (Å²) < 4.78 is 3.10. The minimum Gasteiger partial charge on any atom is -0.296 e. The summed E-state index contributed by atoms with van der Waals surface area (Å²) >= 11 is 3.65. The molecule has 0 aliphatic carbocycles. The van der Waals surface area contributed by atoms with Crippen molar-refractivity contribution in [3.05, 3.63) is 16.4 Å². The number of aromatic nitrogens is 2. The zero-order valence-corrected chi connectivity index (χ0v) is 15.0. The van der Waals surface area contributed by atoms with E-state index in [1.54, 1.807) is 0 Å². The number of halogens is 1. The van der Waals surface area contributed by atoms with Crippen molar-refractivity contribution in [3.63, 3.8) is 0 Å². The summed E-state index contributed by atoms with van der Waals surface area (Å²) in [7, 11) is 0. The number of hydrogen-bond acceptors (Lipinski definition) is 4. The predicted molar refractivity (Wildman–Crippen MR) is 89.8 cm³/mol. The maximum Gasteiger partial charge on any atom is 0.0818 e. The molecule has 0 bridgehead atoms. The summed E-state index contributed by atoms with van der Waals surface area (Å²) in [5.41, 5.74) is 4.14. The molecule has 1 unspecified atom stereocenters. The van der Waals surface area contributed by atoms with Gasteiger partial charge in [-0.3, -0.25) is 15.4 Å². The van der Waals surface area contributed by atoms with Crippen LogP contribution >= 0.6 is 15.9 Å². The van der Waals surface area contributed by atoms with Gasteiger partial charge in [0.2, 0.25) is 0 Å². The van der Waals surface area contributed by atoms with E-state index in [9.17, 15) is 0 Å². The molecule has 2 rings (SSSR count). The Hall–Kier alpha value is -0.430. The molecule has 1 aromatic heterocycles. The Morgan fingerprint density at radius 1 is 1.38 bits per heavy atom. The molecule has 1 aliphatic rings. The van der Waals surface area contributed by atoms with Gasteiger partial charge in [0.15, 0.2) is 0 Å². The van der Waals surface area contributed by atoms with E-state index in [1.165, 1.54) is 19.3 Å². The monoisotopic (exact) mass is 357 g/mol. The van der Waals surface area contributed by atoms with Gasteiger partial charge in [-0.2, -0.15) is 5.10 Å². The summed E-state index contributed by atoms with van der Waals surface area (Å²) in [6.07, 6.45) is 6.82. The Bertz CT molecular complexity index is 451. The second-order valence-corrected chi connectivity index (χ2v) is 7.26. The van der Waals surface area contributed by atoms with Gasteiger partial charge >= 0.3 is 0 Å². The van der Waals surface area contributed by atoms with E-state index in [-0.39, 0.29) is 11.6 Å². The molecule has 0 aromatic carbocycles. The summed E-state index contributed by atoms with van der Waals surface area (Å²) in [6, 6.07) is 0.0408. The highest BCUT2D eigenvalue weighted by atomic mass is 79.9. The van der Waals surface area contributed by atoms with Crippen LogP contribution in [0, 0.1) is 0 Å². The van der Waals surface area contributed by atoms with Crippen LogP contribution in [0.15, 0.2) is 10.7 Å². The van der Waals surface area contributed by atoms with Crippen LogP contribution in [0.2, 0.25) is 0 Å². The van der Waals surface area contributed by atoms with Crippen molar-refractivity contribution in [2.45, 2.75) is 64.6 Å². The molecular weight excluding hydrogens is 330 g/mol. The smallest absolute Gasteiger partial charge is 0.0818 e. The van der Waals surface area contributed by atoms with Crippen LogP contribution in [0.1, 0.15) is 58.2 Å². The fourth-order valence-corrected chi connectivity index (χ4v) is 3.84. The van der Waals surface area contributed by atoms with Gasteiger partial charge in [-0.1, -0.05) is 13.3 Å². The van der Waals surface area contributed by atoms with E-state index in [0.717, 1.165) is 36.2 Å². The van der Waals surface area contributed by atoms with Crippen LogP contribution in [-0.2, 0) is 6.54 Å². The van der Waals surface area contributed by atoms with Crippen molar-refractivity contribution in [1.29, 1.82) is 0 Å². The van der Waals surface area contributed by atoms with Gasteiger partial charge in [0.25, 0.3) is 0 Å². The van der Waals surface area contributed by atoms with Crippen molar-refractivity contribution >= 4 is 15.9 Å². The number of nitrogens with zero attached hydrogens (tertiary/aromatic N) is 3. The first-order valence-corrected chi connectivity index (χ1v) is 8.74. The molecule has 1 fully saturated rings. The van der Waals surface area contributed by atoms with Gasteiger partial charge in [-0.25, -0.2) is 5.43 Å². The second kappa shape index (κ2) is 7.22. The third-order valence-electron chi connectivity index (χ3n) is 4.59. The van der Waals surface area contributed by atoms with Crippen molar-refractivity contribution in [1.82, 2.24) is 20.1 Å². The highest BCUT2D eigenvalue weighted by Crippen LogP contribution is 2.35. The Kier molecular flexibility index (Phi) is 5.82. The molecule has 1 saturated heterocycles. The maximum atomic E-state index is 5.95. The lowest BCUT2D eigenvalue weighted by atomic mass is 9.88. The van der Waals surface area contributed by atoms with E-state index >= 15 is 0 Å². The highest BCUT2D eigenvalue weighted by Gasteiger charge is 2.39. The van der Waals surface area contributed by atoms with Crippen molar-refractivity contribution in [3.8, 4) is 0 Å². The molecule has 1 aliphatic heterocycles. The largest absolute Gasteiger partial charge is 0.296 e. The third-order valence-corrected chi connectivity index (χ3v) is 5.20. The molecule has 1 aromatic rings. The van der Waals surface area contributed by atoms with E-state index in [0.29, 0.717) is 0 Å². The van der Waals surface area contributed by atoms with Crippen LogP contribution in [0.4, 0.5) is 0 Å². The number of aryl methyl sites for hydroxylation is 1. The lowest BCUT2D eigenvalue weighted by Crippen LogP contribution is -2.56. The van der Waals surface area contributed by atoms with Crippen LogP contribution in [0.3, 0.4) is 0 Å². The normalized spacial score (nSPS) is 18.9. The number of likely N-dealkylation sites (tertiary alicyclic amines) is 1. The fraction of sp³-hybridized carbons (Fsp3) is 0.800. The Morgan fingerprint density at radius 3 is 2.62 bits per heavy atom. The molecular formula is C15H28BrN5.